The van der Waals surface area contributed by atoms with E-state index in [1.165, 1.54) is 17.7 Å². The summed E-state index contributed by atoms with van der Waals surface area (Å²) >= 11 is 6.67. The molecule has 0 bridgehead atoms. The summed E-state index contributed by atoms with van der Waals surface area (Å²) in [5.41, 5.74) is 4.16. The normalized spacial score (nSPS) is 17.8. The van der Waals surface area contributed by atoms with E-state index in [0.717, 1.165) is 36.5 Å². The Hall–Kier alpha value is -2.21. The second-order valence-electron chi connectivity index (χ2n) is 7.14. The van der Waals surface area contributed by atoms with Gasteiger partial charge in [-0.1, -0.05) is 54.1 Å². The molecule has 3 aromatic rings. The number of hydrogen-bond acceptors (Lipinski definition) is 3. The van der Waals surface area contributed by atoms with E-state index in [-0.39, 0.29) is 11.9 Å². The van der Waals surface area contributed by atoms with Crippen LogP contribution in [0.2, 0.25) is 5.15 Å². The summed E-state index contributed by atoms with van der Waals surface area (Å²) in [6.45, 7) is 5.59. The Bertz CT molecular complexity index is 927. The number of rotatable bonds is 5. The molecule has 0 amide bonds. The lowest BCUT2D eigenvalue weighted by Gasteiger charge is -2.33. The number of aryl methyl sites for hydroxylation is 1. The number of hydrogen-bond donors (Lipinski definition) is 0. The molecule has 1 aromatic heterocycles. The van der Waals surface area contributed by atoms with Crippen LogP contribution in [0.25, 0.3) is 0 Å². The monoisotopic (exact) mass is 399 g/mol. The zero-order valence-electron chi connectivity index (χ0n) is 15.8. The van der Waals surface area contributed by atoms with Crippen LogP contribution in [0.3, 0.4) is 0 Å². The molecule has 146 valence electrons. The first kappa shape index (κ1) is 19.1. The van der Waals surface area contributed by atoms with Crippen molar-refractivity contribution in [1.29, 1.82) is 0 Å². The summed E-state index contributed by atoms with van der Waals surface area (Å²) in [5.74, 6) is -0.232. The third kappa shape index (κ3) is 4.27. The zero-order chi connectivity index (χ0) is 19.5. The van der Waals surface area contributed by atoms with Crippen LogP contribution in [-0.2, 0) is 17.8 Å². The van der Waals surface area contributed by atoms with Gasteiger partial charge in [-0.05, 0) is 30.2 Å². The molecule has 4 nitrogen and oxygen atoms in total. The van der Waals surface area contributed by atoms with E-state index in [2.05, 4.69) is 22.1 Å². The summed E-state index contributed by atoms with van der Waals surface area (Å²) in [7, 11) is 0. The molecule has 0 aliphatic carbocycles. The summed E-state index contributed by atoms with van der Waals surface area (Å²) < 4.78 is 20.9. The highest BCUT2D eigenvalue weighted by molar-refractivity contribution is 6.30. The molecular weight excluding hydrogens is 377 g/mol. The van der Waals surface area contributed by atoms with Gasteiger partial charge < -0.3 is 4.74 Å². The van der Waals surface area contributed by atoms with Crippen molar-refractivity contribution in [3.05, 3.63) is 88.0 Å². The lowest BCUT2D eigenvalue weighted by atomic mass is 10.1. The fraction of sp³-hybridized carbons (Fsp3) is 0.318. The summed E-state index contributed by atoms with van der Waals surface area (Å²) in [5, 5.41) is 5.33. The van der Waals surface area contributed by atoms with Gasteiger partial charge in [0.1, 0.15) is 11.0 Å². The van der Waals surface area contributed by atoms with E-state index in [1.54, 1.807) is 12.1 Å². The lowest BCUT2D eigenvalue weighted by molar-refractivity contribution is -0.0330. The average molecular weight is 400 g/mol. The van der Waals surface area contributed by atoms with Gasteiger partial charge in [-0.15, -0.1) is 0 Å². The maximum absolute atomic E-state index is 13.2. The van der Waals surface area contributed by atoms with Crippen LogP contribution in [-0.4, -0.2) is 34.4 Å². The van der Waals surface area contributed by atoms with Gasteiger partial charge in [0, 0.05) is 25.2 Å². The van der Waals surface area contributed by atoms with Crippen molar-refractivity contribution in [3.63, 3.8) is 0 Å². The summed E-state index contributed by atoms with van der Waals surface area (Å²) in [4.78, 5) is 2.32. The molecule has 0 radical (unpaired) electrons. The number of aromatic nitrogens is 2. The first-order chi connectivity index (χ1) is 13.6. The minimum atomic E-state index is -0.232. The Morgan fingerprint density at radius 3 is 2.61 bits per heavy atom. The number of ether oxygens (including phenoxy) is 1. The van der Waals surface area contributed by atoms with E-state index < -0.39 is 0 Å². The van der Waals surface area contributed by atoms with Gasteiger partial charge in [-0.2, -0.15) is 5.10 Å². The highest BCUT2D eigenvalue weighted by Gasteiger charge is 2.24. The van der Waals surface area contributed by atoms with Crippen molar-refractivity contribution < 1.29 is 9.13 Å². The molecule has 1 unspecified atom stereocenters. The SMILES string of the molecule is Cc1nn(Cc2ccccc2)c(Cl)c1CN1CCOC(c2ccc(F)cc2)C1. The van der Waals surface area contributed by atoms with Gasteiger partial charge in [-0.25, -0.2) is 9.07 Å². The minimum Gasteiger partial charge on any atom is -0.371 e. The van der Waals surface area contributed by atoms with E-state index in [9.17, 15) is 4.39 Å². The maximum Gasteiger partial charge on any atom is 0.132 e. The molecule has 1 atom stereocenters. The van der Waals surface area contributed by atoms with Crippen LogP contribution in [0, 0.1) is 12.7 Å². The van der Waals surface area contributed by atoms with Gasteiger partial charge in [-0.3, -0.25) is 4.90 Å². The average Bonchev–Trinajstić information content (AvgIpc) is 2.97. The molecule has 1 aliphatic rings. The fourth-order valence-electron chi connectivity index (χ4n) is 3.58. The molecule has 2 heterocycles. The van der Waals surface area contributed by atoms with Gasteiger partial charge in [0.15, 0.2) is 0 Å². The standard InChI is InChI=1S/C22H23ClFN3O/c1-16-20(22(23)27(25-16)13-17-5-3-2-4-6-17)14-26-11-12-28-21(15-26)18-7-9-19(24)10-8-18/h2-10,21H,11-15H2,1H3. The zero-order valence-corrected chi connectivity index (χ0v) is 16.6. The Kier molecular flexibility index (Phi) is 5.76. The van der Waals surface area contributed by atoms with E-state index >= 15 is 0 Å². The van der Waals surface area contributed by atoms with Crippen LogP contribution < -0.4 is 0 Å². The second kappa shape index (κ2) is 8.43. The molecule has 28 heavy (non-hydrogen) atoms. The largest absolute Gasteiger partial charge is 0.371 e. The Morgan fingerprint density at radius 2 is 1.86 bits per heavy atom. The number of benzene rings is 2. The lowest BCUT2D eigenvalue weighted by Crippen LogP contribution is -2.38. The van der Waals surface area contributed by atoms with Crippen molar-refractivity contribution in [2.24, 2.45) is 0 Å². The molecule has 6 heteroatoms. The van der Waals surface area contributed by atoms with Crippen molar-refractivity contribution >= 4 is 11.6 Å². The predicted octanol–water partition coefficient (Wildman–Crippen LogP) is 4.61. The Balaban J connectivity index is 1.47. The molecule has 4 rings (SSSR count). The maximum atomic E-state index is 13.2. The molecule has 0 N–H and O–H groups in total. The molecule has 0 spiro atoms. The molecule has 2 aromatic carbocycles. The van der Waals surface area contributed by atoms with E-state index in [1.807, 2.05) is 29.8 Å². The number of morpholine rings is 1. The minimum absolute atomic E-state index is 0.0622. The molecule has 1 fully saturated rings. The molecular formula is C22H23ClFN3O. The second-order valence-corrected chi connectivity index (χ2v) is 7.50. The highest BCUT2D eigenvalue weighted by Crippen LogP contribution is 2.27. The molecule has 0 saturated carbocycles. The van der Waals surface area contributed by atoms with Crippen molar-refractivity contribution in [3.8, 4) is 0 Å². The van der Waals surface area contributed by atoms with Crippen LogP contribution in [0.4, 0.5) is 4.39 Å². The van der Waals surface area contributed by atoms with Gasteiger partial charge in [0.2, 0.25) is 0 Å². The van der Waals surface area contributed by atoms with Crippen LogP contribution in [0.15, 0.2) is 54.6 Å². The van der Waals surface area contributed by atoms with Crippen molar-refractivity contribution in [2.75, 3.05) is 19.7 Å². The third-order valence-corrected chi connectivity index (χ3v) is 5.56. The van der Waals surface area contributed by atoms with Gasteiger partial charge in [0.25, 0.3) is 0 Å². The highest BCUT2D eigenvalue weighted by atomic mass is 35.5. The van der Waals surface area contributed by atoms with E-state index in [0.29, 0.717) is 18.3 Å². The number of halogens is 2. The number of nitrogens with zero attached hydrogens (tertiary/aromatic N) is 3. The van der Waals surface area contributed by atoms with E-state index in [4.69, 9.17) is 16.3 Å². The summed E-state index contributed by atoms with van der Waals surface area (Å²) in [6, 6.07) is 16.7. The quantitative estimate of drug-likeness (QED) is 0.627. The van der Waals surface area contributed by atoms with Gasteiger partial charge in [0.05, 0.1) is 24.9 Å². The van der Waals surface area contributed by atoms with Crippen LogP contribution in [0.5, 0.6) is 0 Å². The first-order valence-corrected chi connectivity index (χ1v) is 9.83. The van der Waals surface area contributed by atoms with Gasteiger partial charge >= 0.3 is 0 Å². The van der Waals surface area contributed by atoms with Crippen molar-refractivity contribution in [1.82, 2.24) is 14.7 Å². The van der Waals surface area contributed by atoms with Crippen LogP contribution in [0.1, 0.15) is 28.5 Å². The molecule has 1 saturated heterocycles. The third-order valence-electron chi connectivity index (χ3n) is 5.13. The topological polar surface area (TPSA) is 30.3 Å². The smallest absolute Gasteiger partial charge is 0.132 e. The predicted molar refractivity (Wildman–Crippen MR) is 108 cm³/mol. The Labute approximate surface area is 169 Å². The van der Waals surface area contributed by atoms with Crippen LogP contribution >= 0.6 is 11.6 Å². The Morgan fingerprint density at radius 1 is 1.11 bits per heavy atom. The van der Waals surface area contributed by atoms with Crippen molar-refractivity contribution in [2.45, 2.75) is 26.1 Å². The molecule has 1 aliphatic heterocycles. The first-order valence-electron chi connectivity index (χ1n) is 9.45. The fourth-order valence-corrected chi connectivity index (χ4v) is 3.87. The summed E-state index contributed by atoms with van der Waals surface area (Å²) in [6.07, 6.45) is -0.0622.